The molecule has 0 atom stereocenters. The Morgan fingerprint density at radius 2 is 1.26 bits per heavy atom. The number of piperazine rings is 1. The lowest BCUT2D eigenvalue weighted by Gasteiger charge is -2.36. The van der Waals surface area contributed by atoms with E-state index in [0.29, 0.717) is 13.1 Å². The predicted molar refractivity (Wildman–Crippen MR) is 125 cm³/mol. The molecule has 0 saturated carbocycles. The lowest BCUT2D eigenvalue weighted by molar-refractivity contribution is 0.0747. The summed E-state index contributed by atoms with van der Waals surface area (Å²) in [7, 11) is 0. The zero-order valence-corrected chi connectivity index (χ0v) is 17.5. The fraction of sp³-hybridized carbons (Fsp3) is 0.200. The Hall–Kier alpha value is -3.80. The number of aryl methyl sites for hydroxylation is 1. The molecule has 0 aliphatic carbocycles. The Labute approximate surface area is 182 Å². The first kappa shape index (κ1) is 20.5. The van der Waals surface area contributed by atoms with E-state index < -0.39 is 0 Å². The second-order valence-corrected chi connectivity index (χ2v) is 7.64. The van der Waals surface area contributed by atoms with Crippen LogP contribution in [0.1, 0.15) is 15.9 Å². The van der Waals surface area contributed by atoms with Gasteiger partial charge in [0.1, 0.15) is 0 Å². The van der Waals surface area contributed by atoms with Crippen molar-refractivity contribution in [2.45, 2.75) is 6.92 Å². The number of anilines is 3. The van der Waals surface area contributed by atoms with Gasteiger partial charge in [0.25, 0.3) is 5.91 Å². The number of nitrogens with zero attached hydrogens (tertiary/aromatic N) is 2. The van der Waals surface area contributed by atoms with Gasteiger partial charge in [0, 0.05) is 48.8 Å². The topological polar surface area (TPSA) is 64.7 Å². The van der Waals surface area contributed by atoms with Crippen molar-refractivity contribution in [2.24, 2.45) is 0 Å². The third-order valence-corrected chi connectivity index (χ3v) is 5.39. The van der Waals surface area contributed by atoms with Crippen LogP contribution in [0.4, 0.5) is 21.9 Å². The van der Waals surface area contributed by atoms with Gasteiger partial charge < -0.3 is 20.4 Å². The van der Waals surface area contributed by atoms with E-state index in [2.05, 4.69) is 15.5 Å². The van der Waals surface area contributed by atoms with Crippen LogP contribution in [-0.4, -0.2) is 43.0 Å². The van der Waals surface area contributed by atoms with Crippen LogP contribution < -0.4 is 15.5 Å². The maximum atomic E-state index is 12.6. The van der Waals surface area contributed by atoms with Crippen LogP contribution in [-0.2, 0) is 0 Å². The maximum absolute atomic E-state index is 12.6. The average molecular weight is 415 g/mol. The molecular weight excluding hydrogens is 388 g/mol. The number of hydrogen-bond donors (Lipinski definition) is 2. The van der Waals surface area contributed by atoms with E-state index in [1.807, 2.05) is 90.7 Å². The van der Waals surface area contributed by atoms with E-state index in [9.17, 15) is 9.59 Å². The highest BCUT2D eigenvalue weighted by molar-refractivity contribution is 5.99. The quantitative estimate of drug-likeness (QED) is 0.656. The molecule has 1 aliphatic heterocycles. The summed E-state index contributed by atoms with van der Waals surface area (Å²) < 4.78 is 0. The third kappa shape index (κ3) is 5.22. The van der Waals surface area contributed by atoms with E-state index in [-0.39, 0.29) is 11.9 Å². The highest BCUT2D eigenvalue weighted by Gasteiger charge is 2.22. The van der Waals surface area contributed by atoms with Crippen molar-refractivity contribution in [2.75, 3.05) is 41.7 Å². The van der Waals surface area contributed by atoms with Crippen LogP contribution in [0.5, 0.6) is 0 Å². The van der Waals surface area contributed by atoms with Crippen molar-refractivity contribution >= 4 is 29.0 Å². The third-order valence-electron chi connectivity index (χ3n) is 5.39. The second kappa shape index (κ2) is 9.34. The lowest BCUT2D eigenvalue weighted by Crippen LogP contribution is -2.48. The fourth-order valence-electron chi connectivity index (χ4n) is 3.62. The van der Waals surface area contributed by atoms with E-state index in [1.165, 1.54) is 0 Å². The zero-order valence-electron chi connectivity index (χ0n) is 17.5. The molecule has 1 aliphatic rings. The molecule has 0 radical (unpaired) electrons. The molecule has 1 heterocycles. The molecule has 0 unspecified atom stereocenters. The van der Waals surface area contributed by atoms with Gasteiger partial charge in [0.2, 0.25) is 0 Å². The summed E-state index contributed by atoms with van der Waals surface area (Å²) in [6, 6.07) is 24.6. The Morgan fingerprint density at radius 1 is 0.710 bits per heavy atom. The monoisotopic (exact) mass is 414 g/mol. The van der Waals surface area contributed by atoms with Gasteiger partial charge in [0.05, 0.1) is 0 Å². The van der Waals surface area contributed by atoms with Crippen LogP contribution in [0, 0.1) is 6.92 Å². The molecule has 1 saturated heterocycles. The Kier molecular flexibility index (Phi) is 6.17. The molecule has 2 N–H and O–H groups in total. The van der Waals surface area contributed by atoms with Gasteiger partial charge in [-0.15, -0.1) is 0 Å². The second-order valence-electron chi connectivity index (χ2n) is 7.64. The van der Waals surface area contributed by atoms with Crippen LogP contribution >= 0.6 is 0 Å². The highest BCUT2D eigenvalue weighted by atomic mass is 16.2. The molecule has 0 spiro atoms. The van der Waals surface area contributed by atoms with Gasteiger partial charge in [-0.25, -0.2) is 4.79 Å². The maximum Gasteiger partial charge on any atom is 0.323 e. The summed E-state index contributed by atoms with van der Waals surface area (Å²) in [6.07, 6.45) is 0. The molecule has 0 aromatic heterocycles. The van der Waals surface area contributed by atoms with E-state index in [4.69, 9.17) is 0 Å². The summed E-state index contributed by atoms with van der Waals surface area (Å²) >= 11 is 0. The largest absolute Gasteiger partial charge is 0.368 e. The van der Waals surface area contributed by atoms with Gasteiger partial charge in [-0.1, -0.05) is 35.9 Å². The number of carbonyl (C=O) groups is 2. The van der Waals surface area contributed by atoms with Crippen molar-refractivity contribution in [3.8, 4) is 0 Å². The van der Waals surface area contributed by atoms with Crippen molar-refractivity contribution in [3.63, 3.8) is 0 Å². The molecule has 0 bridgehead atoms. The van der Waals surface area contributed by atoms with Gasteiger partial charge >= 0.3 is 6.03 Å². The summed E-state index contributed by atoms with van der Waals surface area (Å²) in [6.45, 7) is 4.93. The Balaban J connectivity index is 1.29. The molecule has 158 valence electrons. The van der Waals surface area contributed by atoms with Gasteiger partial charge in [0.15, 0.2) is 0 Å². The number of nitrogens with one attached hydrogen (secondary N) is 2. The molecule has 6 heteroatoms. The molecule has 6 nitrogen and oxygen atoms in total. The van der Waals surface area contributed by atoms with Gasteiger partial charge in [-0.2, -0.15) is 0 Å². The molecule has 1 fully saturated rings. The number of benzene rings is 3. The van der Waals surface area contributed by atoms with Crippen LogP contribution in [0.25, 0.3) is 0 Å². The molecule has 3 amide bonds. The first-order chi connectivity index (χ1) is 15.1. The molecule has 4 rings (SSSR count). The first-order valence-electron chi connectivity index (χ1n) is 10.4. The summed E-state index contributed by atoms with van der Waals surface area (Å²) in [5.74, 6) is 0.0828. The molecule has 3 aromatic carbocycles. The number of amides is 3. The smallest absolute Gasteiger partial charge is 0.323 e. The van der Waals surface area contributed by atoms with Crippen molar-refractivity contribution in [3.05, 3.63) is 90.0 Å². The minimum Gasteiger partial charge on any atom is -0.368 e. The molecule has 3 aromatic rings. The standard InChI is InChI=1S/C25H26N4O2/c1-19-7-9-21(10-8-19)26-25(31)27-22-11-13-23(14-12-22)28-15-17-29(18-16-28)24(30)20-5-3-2-4-6-20/h2-14H,15-18H2,1H3,(H2,26,27,31). The van der Waals surface area contributed by atoms with Crippen molar-refractivity contribution in [1.29, 1.82) is 0 Å². The van der Waals surface area contributed by atoms with E-state index >= 15 is 0 Å². The minimum atomic E-state index is -0.273. The van der Waals surface area contributed by atoms with Gasteiger partial charge in [-0.3, -0.25) is 4.79 Å². The number of hydrogen-bond acceptors (Lipinski definition) is 3. The summed E-state index contributed by atoms with van der Waals surface area (Å²) in [5, 5.41) is 5.68. The van der Waals surface area contributed by atoms with Crippen LogP contribution in [0.3, 0.4) is 0 Å². The molecule has 31 heavy (non-hydrogen) atoms. The summed E-state index contributed by atoms with van der Waals surface area (Å²) in [4.78, 5) is 29.0. The van der Waals surface area contributed by atoms with E-state index in [0.717, 1.165) is 41.3 Å². The number of carbonyl (C=O) groups excluding carboxylic acids is 2. The zero-order chi connectivity index (χ0) is 21.6. The van der Waals surface area contributed by atoms with Crippen molar-refractivity contribution in [1.82, 2.24) is 4.90 Å². The lowest BCUT2D eigenvalue weighted by atomic mass is 10.1. The number of urea groups is 1. The van der Waals surface area contributed by atoms with Gasteiger partial charge in [-0.05, 0) is 55.5 Å². The average Bonchev–Trinajstić information content (AvgIpc) is 2.81. The minimum absolute atomic E-state index is 0.0828. The van der Waals surface area contributed by atoms with Crippen molar-refractivity contribution < 1.29 is 9.59 Å². The Bertz CT molecular complexity index is 1030. The highest BCUT2D eigenvalue weighted by Crippen LogP contribution is 2.20. The number of rotatable bonds is 4. The SMILES string of the molecule is Cc1ccc(NC(=O)Nc2ccc(N3CCN(C(=O)c4ccccc4)CC3)cc2)cc1. The molecular formula is C25H26N4O2. The Morgan fingerprint density at radius 3 is 1.84 bits per heavy atom. The van der Waals surface area contributed by atoms with Crippen LogP contribution in [0.2, 0.25) is 0 Å². The summed E-state index contributed by atoms with van der Waals surface area (Å²) in [5.41, 5.74) is 4.44. The van der Waals surface area contributed by atoms with Crippen LogP contribution in [0.15, 0.2) is 78.9 Å². The fourth-order valence-corrected chi connectivity index (χ4v) is 3.62. The normalized spacial score (nSPS) is 13.6. The predicted octanol–water partition coefficient (Wildman–Crippen LogP) is 4.60. The van der Waals surface area contributed by atoms with E-state index in [1.54, 1.807) is 0 Å². The first-order valence-corrected chi connectivity index (χ1v) is 10.4.